The van der Waals surface area contributed by atoms with Gasteiger partial charge >= 0.3 is 0 Å². The van der Waals surface area contributed by atoms with Gasteiger partial charge in [0, 0.05) is 0 Å². The van der Waals surface area contributed by atoms with Crippen LogP contribution in [0, 0.1) is 0 Å². The average molecular weight is 207 g/mol. The molecule has 2 heteroatoms. The van der Waals surface area contributed by atoms with E-state index in [-0.39, 0.29) is 6.10 Å². The molecule has 2 nitrogen and oxygen atoms in total. The number of nitrogens with two attached hydrogens (primary N) is 1. The molecule has 0 saturated carbocycles. The molecule has 0 heterocycles. The summed E-state index contributed by atoms with van der Waals surface area (Å²) in [5, 5.41) is 9.53. The second kappa shape index (κ2) is 6.59. The maximum absolute atomic E-state index is 9.53. The maximum atomic E-state index is 9.53. The van der Waals surface area contributed by atoms with E-state index in [4.69, 9.17) is 5.73 Å². The zero-order valence-corrected chi connectivity index (χ0v) is 9.45. The largest absolute Gasteiger partial charge is 0.393 e. The molecule has 1 aromatic rings. The quantitative estimate of drug-likeness (QED) is 0.748. The molecule has 0 saturated heterocycles. The molecule has 0 amide bonds. The van der Waals surface area contributed by atoms with E-state index in [0.717, 1.165) is 19.3 Å². The molecular formula is C13H21NO. The number of hydrogen-bond donors (Lipinski definition) is 2. The second-order valence-corrected chi connectivity index (χ2v) is 3.94. The standard InChI is InChI=1S/C13H21NO/c1-2-11-3-5-12(6-4-11)7-8-13(15)9-10-14/h3-6,13,15H,2,7-10,14H2,1H3. The molecule has 0 fully saturated rings. The monoisotopic (exact) mass is 207 g/mol. The summed E-state index contributed by atoms with van der Waals surface area (Å²) < 4.78 is 0. The van der Waals surface area contributed by atoms with Crippen LogP contribution in [0.15, 0.2) is 24.3 Å². The Bertz CT molecular complexity index is 268. The van der Waals surface area contributed by atoms with Crippen molar-refractivity contribution in [3.63, 3.8) is 0 Å². The number of aliphatic hydroxyl groups is 1. The molecule has 0 aliphatic carbocycles. The summed E-state index contributed by atoms with van der Waals surface area (Å²) in [6.07, 6.45) is 3.28. The molecule has 1 unspecified atom stereocenters. The Labute approximate surface area is 92.1 Å². The van der Waals surface area contributed by atoms with Crippen molar-refractivity contribution in [2.75, 3.05) is 6.54 Å². The molecule has 1 aromatic carbocycles. The SMILES string of the molecule is CCc1ccc(CCC(O)CCN)cc1. The van der Waals surface area contributed by atoms with Gasteiger partial charge in [-0.05, 0) is 43.4 Å². The number of rotatable bonds is 6. The first kappa shape index (κ1) is 12.2. The first-order valence-corrected chi connectivity index (χ1v) is 5.72. The van der Waals surface area contributed by atoms with Crippen LogP contribution in [0.25, 0.3) is 0 Å². The molecule has 0 spiro atoms. The molecule has 15 heavy (non-hydrogen) atoms. The Balaban J connectivity index is 2.37. The van der Waals surface area contributed by atoms with Gasteiger partial charge in [-0.25, -0.2) is 0 Å². The van der Waals surface area contributed by atoms with E-state index in [0.29, 0.717) is 13.0 Å². The van der Waals surface area contributed by atoms with Gasteiger partial charge in [-0.1, -0.05) is 31.2 Å². The number of hydrogen-bond acceptors (Lipinski definition) is 2. The molecule has 84 valence electrons. The number of benzene rings is 1. The molecule has 1 atom stereocenters. The molecule has 0 radical (unpaired) electrons. The predicted molar refractivity (Wildman–Crippen MR) is 63.8 cm³/mol. The Morgan fingerprint density at radius 2 is 1.73 bits per heavy atom. The first-order valence-electron chi connectivity index (χ1n) is 5.72. The van der Waals surface area contributed by atoms with E-state index in [2.05, 4.69) is 31.2 Å². The molecule has 0 aliphatic heterocycles. The van der Waals surface area contributed by atoms with Gasteiger partial charge in [0.2, 0.25) is 0 Å². The summed E-state index contributed by atoms with van der Waals surface area (Å²) in [7, 11) is 0. The van der Waals surface area contributed by atoms with Crippen LogP contribution in [0.5, 0.6) is 0 Å². The minimum Gasteiger partial charge on any atom is -0.393 e. The van der Waals surface area contributed by atoms with E-state index >= 15 is 0 Å². The molecule has 0 aliphatic rings. The van der Waals surface area contributed by atoms with Gasteiger partial charge < -0.3 is 10.8 Å². The summed E-state index contributed by atoms with van der Waals surface area (Å²) >= 11 is 0. The number of aryl methyl sites for hydroxylation is 2. The molecule has 1 rings (SSSR count). The van der Waals surface area contributed by atoms with Crippen LogP contribution >= 0.6 is 0 Å². The normalized spacial score (nSPS) is 12.7. The van der Waals surface area contributed by atoms with Gasteiger partial charge in [-0.15, -0.1) is 0 Å². The van der Waals surface area contributed by atoms with Crippen LogP contribution in [0.1, 0.15) is 30.9 Å². The minimum atomic E-state index is -0.249. The second-order valence-electron chi connectivity index (χ2n) is 3.94. The Morgan fingerprint density at radius 3 is 2.27 bits per heavy atom. The smallest absolute Gasteiger partial charge is 0.0555 e. The van der Waals surface area contributed by atoms with Gasteiger partial charge in [0.25, 0.3) is 0 Å². The van der Waals surface area contributed by atoms with Crippen LogP contribution in [0.2, 0.25) is 0 Å². The van der Waals surface area contributed by atoms with Crippen molar-refractivity contribution in [2.45, 2.75) is 38.7 Å². The van der Waals surface area contributed by atoms with Crippen LogP contribution in [0.3, 0.4) is 0 Å². The summed E-state index contributed by atoms with van der Waals surface area (Å²) in [5.41, 5.74) is 8.03. The fourth-order valence-corrected chi connectivity index (χ4v) is 1.61. The van der Waals surface area contributed by atoms with Gasteiger partial charge in [0.15, 0.2) is 0 Å². The van der Waals surface area contributed by atoms with E-state index in [1.165, 1.54) is 11.1 Å². The highest BCUT2D eigenvalue weighted by Crippen LogP contribution is 2.09. The Kier molecular flexibility index (Phi) is 5.37. The lowest BCUT2D eigenvalue weighted by molar-refractivity contribution is 0.157. The zero-order valence-electron chi connectivity index (χ0n) is 9.45. The zero-order chi connectivity index (χ0) is 11.1. The van der Waals surface area contributed by atoms with Gasteiger partial charge in [-0.3, -0.25) is 0 Å². The van der Waals surface area contributed by atoms with Crippen LogP contribution in [-0.2, 0) is 12.8 Å². The van der Waals surface area contributed by atoms with Crippen molar-refractivity contribution in [1.29, 1.82) is 0 Å². The lowest BCUT2D eigenvalue weighted by Gasteiger charge is -2.08. The highest BCUT2D eigenvalue weighted by molar-refractivity contribution is 5.22. The predicted octanol–water partition coefficient (Wildman–Crippen LogP) is 1.89. The molecule has 0 bridgehead atoms. The summed E-state index contributed by atoms with van der Waals surface area (Å²) in [5.74, 6) is 0. The third-order valence-electron chi connectivity index (χ3n) is 2.70. The van der Waals surface area contributed by atoms with Gasteiger partial charge in [0.05, 0.1) is 6.10 Å². The van der Waals surface area contributed by atoms with Gasteiger partial charge in [-0.2, -0.15) is 0 Å². The number of aliphatic hydroxyl groups excluding tert-OH is 1. The van der Waals surface area contributed by atoms with E-state index in [9.17, 15) is 5.11 Å². The van der Waals surface area contributed by atoms with Gasteiger partial charge in [0.1, 0.15) is 0 Å². The van der Waals surface area contributed by atoms with Crippen molar-refractivity contribution >= 4 is 0 Å². The first-order chi connectivity index (χ1) is 7.26. The third-order valence-corrected chi connectivity index (χ3v) is 2.70. The Morgan fingerprint density at radius 1 is 1.13 bits per heavy atom. The average Bonchev–Trinajstić information content (AvgIpc) is 2.27. The lowest BCUT2D eigenvalue weighted by atomic mass is 10.0. The fourth-order valence-electron chi connectivity index (χ4n) is 1.61. The lowest BCUT2D eigenvalue weighted by Crippen LogP contribution is -2.14. The van der Waals surface area contributed by atoms with E-state index in [1.807, 2.05) is 0 Å². The molecule has 3 N–H and O–H groups in total. The summed E-state index contributed by atoms with van der Waals surface area (Å²) in [6, 6.07) is 8.61. The summed E-state index contributed by atoms with van der Waals surface area (Å²) in [4.78, 5) is 0. The van der Waals surface area contributed by atoms with Crippen molar-refractivity contribution < 1.29 is 5.11 Å². The third kappa shape index (κ3) is 4.45. The highest BCUT2D eigenvalue weighted by atomic mass is 16.3. The van der Waals surface area contributed by atoms with Crippen LogP contribution in [-0.4, -0.2) is 17.8 Å². The molecular weight excluding hydrogens is 186 g/mol. The van der Waals surface area contributed by atoms with Crippen molar-refractivity contribution in [2.24, 2.45) is 5.73 Å². The van der Waals surface area contributed by atoms with Crippen molar-refractivity contribution in [3.05, 3.63) is 35.4 Å². The van der Waals surface area contributed by atoms with E-state index in [1.54, 1.807) is 0 Å². The van der Waals surface area contributed by atoms with E-state index < -0.39 is 0 Å². The van der Waals surface area contributed by atoms with Crippen LogP contribution in [0.4, 0.5) is 0 Å². The van der Waals surface area contributed by atoms with Crippen LogP contribution < -0.4 is 5.73 Å². The fraction of sp³-hybridized carbons (Fsp3) is 0.538. The topological polar surface area (TPSA) is 46.2 Å². The summed E-state index contributed by atoms with van der Waals surface area (Å²) in [6.45, 7) is 2.72. The Hall–Kier alpha value is -0.860. The van der Waals surface area contributed by atoms with Crippen molar-refractivity contribution in [3.8, 4) is 0 Å². The molecule has 0 aromatic heterocycles. The highest BCUT2D eigenvalue weighted by Gasteiger charge is 2.02. The minimum absolute atomic E-state index is 0.249. The maximum Gasteiger partial charge on any atom is 0.0555 e. The van der Waals surface area contributed by atoms with Crippen molar-refractivity contribution in [1.82, 2.24) is 0 Å².